The second-order valence-corrected chi connectivity index (χ2v) is 5.43. The molecule has 0 spiro atoms. The summed E-state index contributed by atoms with van der Waals surface area (Å²) in [6, 6.07) is 0. The Bertz CT molecular complexity index is 474. The van der Waals surface area contributed by atoms with Gasteiger partial charge in [-0.1, -0.05) is 6.92 Å². The Hall–Kier alpha value is -1.41. The molecule has 0 aliphatic carbocycles. The molecule has 0 aliphatic heterocycles. The molecule has 8 heteroatoms. The van der Waals surface area contributed by atoms with Crippen LogP contribution in [0.2, 0.25) is 0 Å². The maximum atomic E-state index is 11.4. The van der Waals surface area contributed by atoms with Crippen LogP contribution >= 0.6 is 0 Å². The Balaban J connectivity index is 2.54. The van der Waals surface area contributed by atoms with Gasteiger partial charge in [-0.25, -0.2) is 18.1 Å². The molecule has 1 aromatic heterocycles. The Morgan fingerprint density at radius 2 is 2.18 bits per heavy atom. The second-order valence-electron chi connectivity index (χ2n) is 3.50. The molecule has 0 saturated heterocycles. The van der Waals surface area contributed by atoms with E-state index in [9.17, 15) is 8.42 Å². The van der Waals surface area contributed by atoms with E-state index in [1.54, 1.807) is 13.1 Å². The lowest BCUT2D eigenvalue weighted by atomic mass is 10.3. The summed E-state index contributed by atoms with van der Waals surface area (Å²) in [5.41, 5.74) is 6.26. The lowest BCUT2D eigenvalue weighted by molar-refractivity contribution is 0.584. The molecule has 0 saturated carbocycles. The van der Waals surface area contributed by atoms with Gasteiger partial charge in [-0.05, 0) is 6.92 Å². The van der Waals surface area contributed by atoms with E-state index in [-0.39, 0.29) is 18.2 Å². The summed E-state index contributed by atoms with van der Waals surface area (Å²) >= 11 is 0. The van der Waals surface area contributed by atoms with E-state index in [0.717, 1.165) is 5.56 Å². The zero-order valence-corrected chi connectivity index (χ0v) is 10.7. The van der Waals surface area contributed by atoms with E-state index in [1.807, 2.05) is 6.92 Å². The first-order chi connectivity index (χ1) is 7.94. The number of nitrogens with two attached hydrogens (primary N) is 1. The standard InChI is InChI=1S/C9H17N5O2S/c1-3-13-17(15,16)5-4-11-8-7(2)6-12-9(10)14-8/h6,13H,3-5H2,1-2H3,(H3,10,11,12,14). The maximum Gasteiger partial charge on any atom is 0.221 e. The lowest BCUT2D eigenvalue weighted by Crippen LogP contribution is -2.29. The molecule has 7 nitrogen and oxygen atoms in total. The number of rotatable bonds is 6. The zero-order valence-electron chi connectivity index (χ0n) is 9.90. The smallest absolute Gasteiger partial charge is 0.221 e. The number of sulfonamides is 1. The molecule has 0 amide bonds. The first-order valence-corrected chi connectivity index (χ1v) is 6.90. The summed E-state index contributed by atoms with van der Waals surface area (Å²) in [4.78, 5) is 7.80. The summed E-state index contributed by atoms with van der Waals surface area (Å²) in [7, 11) is -3.21. The van der Waals surface area contributed by atoms with Crippen LogP contribution in [0.15, 0.2) is 6.20 Å². The highest BCUT2D eigenvalue weighted by Gasteiger charge is 2.08. The summed E-state index contributed by atoms with van der Waals surface area (Å²) in [5.74, 6) is 0.710. The van der Waals surface area contributed by atoms with Crippen LogP contribution in [0, 0.1) is 6.92 Å². The lowest BCUT2D eigenvalue weighted by Gasteiger charge is -2.09. The van der Waals surface area contributed by atoms with Gasteiger partial charge in [-0.3, -0.25) is 0 Å². The SMILES string of the molecule is CCNS(=O)(=O)CCNc1nc(N)ncc1C. The average Bonchev–Trinajstić information content (AvgIpc) is 2.23. The van der Waals surface area contributed by atoms with Crippen molar-refractivity contribution in [3.63, 3.8) is 0 Å². The highest BCUT2D eigenvalue weighted by atomic mass is 32.2. The number of aryl methyl sites for hydroxylation is 1. The van der Waals surface area contributed by atoms with Crippen molar-refractivity contribution in [1.82, 2.24) is 14.7 Å². The first kappa shape index (κ1) is 13.7. The number of nitrogens with zero attached hydrogens (tertiary/aromatic N) is 2. The van der Waals surface area contributed by atoms with Crippen molar-refractivity contribution >= 4 is 21.8 Å². The van der Waals surface area contributed by atoms with Crippen molar-refractivity contribution in [2.75, 3.05) is 29.9 Å². The van der Waals surface area contributed by atoms with Crippen molar-refractivity contribution in [3.05, 3.63) is 11.8 Å². The number of nitrogens with one attached hydrogen (secondary N) is 2. The average molecular weight is 259 g/mol. The van der Waals surface area contributed by atoms with Crippen LogP contribution in [0.4, 0.5) is 11.8 Å². The van der Waals surface area contributed by atoms with Crippen molar-refractivity contribution < 1.29 is 8.42 Å². The molecule has 96 valence electrons. The fourth-order valence-corrected chi connectivity index (χ4v) is 2.19. The highest BCUT2D eigenvalue weighted by Crippen LogP contribution is 2.10. The monoisotopic (exact) mass is 259 g/mol. The Morgan fingerprint density at radius 1 is 1.47 bits per heavy atom. The quantitative estimate of drug-likeness (QED) is 0.648. The van der Waals surface area contributed by atoms with E-state index < -0.39 is 10.0 Å². The van der Waals surface area contributed by atoms with Gasteiger partial charge in [0, 0.05) is 24.8 Å². The normalized spacial score (nSPS) is 11.4. The molecule has 1 heterocycles. The molecule has 0 aromatic carbocycles. The van der Waals surface area contributed by atoms with E-state index >= 15 is 0 Å². The van der Waals surface area contributed by atoms with Gasteiger partial charge in [0.2, 0.25) is 16.0 Å². The molecule has 0 atom stereocenters. The van der Waals surface area contributed by atoms with Crippen LogP contribution in [0.5, 0.6) is 0 Å². The van der Waals surface area contributed by atoms with Crippen molar-refractivity contribution in [1.29, 1.82) is 0 Å². The van der Waals surface area contributed by atoms with E-state index in [0.29, 0.717) is 12.4 Å². The van der Waals surface area contributed by atoms with Crippen LogP contribution in [0.1, 0.15) is 12.5 Å². The fraction of sp³-hybridized carbons (Fsp3) is 0.556. The zero-order chi connectivity index (χ0) is 12.9. The molecule has 1 rings (SSSR count). The summed E-state index contributed by atoms with van der Waals surface area (Å²) in [6.45, 7) is 4.22. The van der Waals surface area contributed by atoms with Gasteiger partial charge in [-0.15, -0.1) is 0 Å². The minimum Gasteiger partial charge on any atom is -0.369 e. The van der Waals surface area contributed by atoms with Gasteiger partial charge in [0.15, 0.2) is 0 Å². The highest BCUT2D eigenvalue weighted by molar-refractivity contribution is 7.89. The number of anilines is 2. The predicted molar refractivity (Wildman–Crippen MR) is 67.1 cm³/mol. The summed E-state index contributed by atoms with van der Waals surface area (Å²) < 4.78 is 25.1. The third-order valence-electron chi connectivity index (χ3n) is 2.02. The molecule has 0 fully saturated rings. The van der Waals surface area contributed by atoms with Gasteiger partial charge in [0.1, 0.15) is 5.82 Å². The third kappa shape index (κ3) is 4.53. The number of nitrogen functional groups attached to an aromatic ring is 1. The Morgan fingerprint density at radius 3 is 2.82 bits per heavy atom. The number of hydrogen-bond donors (Lipinski definition) is 3. The van der Waals surface area contributed by atoms with Crippen molar-refractivity contribution in [2.24, 2.45) is 0 Å². The Kier molecular flexibility index (Phi) is 4.64. The molecular weight excluding hydrogens is 242 g/mol. The summed E-state index contributed by atoms with van der Waals surface area (Å²) in [6.07, 6.45) is 1.59. The van der Waals surface area contributed by atoms with Gasteiger partial charge in [0.05, 0.1) is 5.75 Å². The van der Waals surface area contributed by atoms with Gasteiger partial charge in [0.25, 0.3) is 0 Å². The predicted octanol–water partition coefficient (Wildman–Crippen LogP) is -0.282. The summed E-state index contributed by atoms with van der Waals surface area (Å²) in [5, 5.41) is 2.92. The molecule has 0 aliphatic rings. The molecule has 17 heavy (non-hydrogen) atoms. The van der Waals surface area contributed by atoms with Gasteiger partial charge in [-0.2, -0.15) is 4.98 Å². The van der Waals surface area contributed by atoms with E-state index in [1.165, 1.54) is 0 Å². The Labute approximate surface area is 101 Å². The third-order valence-corrected chi connectivity index (χ3v) is 3.49. The van der Waals surface area contributed by atoms with Crippen LogP contribution in [-0.4, -0.2) is 37.2 Å². The molecular formula is C9H17N5O2S. The molecule has 4 N–H and O–H groups in total. The molecule has 0 bridgehead atoms. The largest absolute Gasteiger partial charge is 0.369 e. The topological polar surface area (TPSA) is 110 Å². The van der Waals surface area contributed by atoms with Gasteiger partial charge < -0.3 is 11.1 Å². The van der Waals surface area contributed by atoms with Crippen molar-refractivity contribution in [2.45, 2.75) is 13.8 Å². The molecule has 0 radical (unpaired) electrons. The van der Waals surface area contributed by atoms with E-state index in [2.05, 4.69) is 20.0 Å². The first-order valence-electron chi connectivity index (χ1n) is 5.25. The molecule has 0 unspecified atom stereocenters. The van der Waals surface area contributed by atoms with Crippen LogP contribution in [0.25, 0.3) is 0 Å². The minimum absolute atomic E-state index is 0.00973. The van der Waals surface area contributed by atoms with Crippen LogP contribution in [0.3, 0.4) is 0 Å². The van der Waals surface area contributed by atoms with Crippen LogP contribution in [-0.2, 0) is 10.0 Å². The van der Waals surface area contributed by atoms with E-state index in [4.69, 9.17) is 5.73 Å². The fourth-order valence-electron chi connectivity index (χ4n) is 1.23. The maximum absolute atomic E-state index is 11.4. The number of hydrogen-bond acceptors (Lipinski definition) is 6. The van der Waals surface area contributed by atoms with Crippen LogP contribution < -0.4 is 15.8 Å². The number of aromatic nitrogens is 2. The minimum atomic E-state index is -3.21. The second kappa shape index (κ2) is 5.78. The molecule has 1 aromatic rings. The van der Waals surface area contributed by atoms with Gasteiger partial charge >= 0.3 is 0 Å². The van der Waals surface area contributed by atoms with Crippen molar-refractivity contribution in [3.8, 4) is 0 Å².